The smallest absolute Gasteiger partial charge is 0.397 e. The van der Waals surface area contributed by atoms with Crippen LogP contribution in [-0.2, 0) is 16.0 Å². The summed E-state index contributed by atoms with van der Waals surface area (Å²) >= 11 is 0. The van der Waals surface area contributed by atoms with Gasteiger partial charge in [0.2, 0.25) is 11.8 Å². The molecular weight excluding hydrogens is 353 g/mol. The average molecular weight is 372 g/mol. The molecular formula is C17H19F3N2O4. The summed E-state index contributed by atoms with van der Waals surface area (Å²) in [5.41, 5.74) is 1.65. The van der Waals surface area contributed by atoms with E-state index in [-0.39, 0.29) is 25.4 Å². The van der Waals surface area contributed by atoms with Crippen molar-refractivity contribution in [2.24, 2.45) is 0 Å². The van der Waals surface area contributed by atoms with Gasteiger partial charge in [0, 0.05) is 31.1 Å². The third kappa shape index (κ3) is 4.46. The summed E-state index contributed by atoms with van der Waals surface area (Å²) < 4.78 is 42.7. The number of β-amino-alcohol motifs (C(OH)–C–C–N with tert-alkyl or cyclic N) is 1. The fourth-order valence-electron chi connectivity index (χ4n) is 3.16. The molecule has 2 aliphatic heterocycles. The molecule has 3 rings (SSSR count). The number of likely N-dealkylation sites (tertiary alicyclic amines) is 1. The zero-order valence-electron chi connectivity index (χ0n) is 13.9. The van der Waals surface area contributed by atoms with Crippen molar-refractivity contribution in [3.8, 4) is 5.75 Å². The van der Waals surface area contributed by atoms with E-state index in [0.29, 0.717) is 24.3 Å². The van der Waals surface area contributed by atoms with Crippen molar-refractivity contribution >= 4 is 17.5 Å². The van der Waals surface area contributed by atoms with E-state index in [9.17, 15) is 27.9 Å². The molecule has 1 aromatic carbocycles. The molecule has 0 saturated carbocycles. The molecule has 9 heteroatoms. The number of hydrogen-bond donors (Lipinski definition) is 2. The Labute approximate surface area is 147 Å². The fourth-order valence-corrected chi connectivity index (χ4v) is 3.16. The van der Waals surface area contributed by atoms with Crippen molar-refractivity contribution < 1.29 is 32.6 Å². The molecule has 142 valence electrons. The Morgan fingerprint density at radius 2 is 2.12 bits per heavy atom. The maximum Gasteiger partial charge on any atom is 0.397 e. The standard InChI is InChI=1S/C17H19F3N2O4/c18-17(19,20)8-16(25)22-6-5-14(13(23)9-22)26-11-3-1-10-2-4-15(24)21-12(10)7-11/h1,3,7,13-14,23H,2,4-6,8-9H2,(H,21,24)/t13-,14-/m1/s1. The largest absolute Gasteiger partial charge is 0.488 e. The zero-order valence-corrected chi connectivity index (χ0v) is 13.9. The summed E-state index contributed by atoms with van der Waals surface area (Å²) in [6.07, 6.45) is -6.54. The van der Waals surface area contributed by atoms with Gasteiger partial charge in [0.05, 0.1) is 6.54 Å². The van der Waals surface area contributed by atoms with E-state index in [0.717, 1.165) is 10.5 Å². The number of anilines is 1. The summed E-state index contributed by atoms with van der Waals surface area (Å²) in [4.78, 5) is 24.1. The highest BCUT2D eigenvalue weighted by atomic mass is 19.4. The van der Waals surface area contributed by atoms with Crippen LogP contribution in [0.4, 0.5) is 18.9 Å². The Bertz CT molecular complexity index is 708. The number of piperidine rings is 1. The molecule has 0 radical (unpaired) electrons. The number of ether oxygens (including phenoxy) is 1. The second-order valence-corrected chi connectivity index (χ2v) is 6.51. The Hall–Kier alpha value is -2.29. The highest BCUT2D eigenvalue weighted by Gasteiger charge is 2.37. The second-order valence-electron chi connectivity index (χ2n) is 6.51. The van der Waals surface area contributed by atoms with Crippen molar-refractivity contribution in [2.75, 3.05) is 18.4 Å². The molecule has 1 fully saturated rings. The summed E-state index contributed by atoms with van der Waals surface area (Å²) in [6, 6.07) is 5.23. The number of amides is 2. The molecule has 2 aliphatic rings. The molecule has 2 N–H and O–H groups in total. The van der Waals surface area contributed by atoms with Crippen LogP contribution in [0.1, 0.15) is 24.8 Å². The SMILES string of the molecule is O=C1CCc2ccc(O[C@@H]3CCN(C(=O)CC(F)(F)F)C[C@H]3O)cc2N1. The minimum Gasteiger partial charge on any atom is -0.488 e. The van der Waals surface area contributed by atoms with Crippen molar-refractivity contribution in [3.05, 3.63) is 23.8 Å². The highest BCUT2D eigenvalue weighted by molar-refractivity contribution is 5.94. The van der Waals surface area contributed by atoms with Crippen LogP contribution in [0, 0.1) is 0 Å². The number of halogens is 3. The van der Waals surface area contributed by atoms with Gasteiger partial charge in [-0.1, -0.05) is 6.07 Å². The van der Waals surface area contributed by atoms with Crippen LogP contribution in [0.15, 0.2) is 18.2 Å². The molecule has 0 aromatic heterocycles. The molecule has 1 aromatic rings. The van der Waals surface area contributed by atoms with E-state index < -0.39 is 30.7 Å². The molecule has 0 bridgehead atoms. The molecule has 0 aliphatic carbocycles. The fraction of sp³-hybridized carbons (Fsp3) is 0.529. The molecule has 2 heterocycles. The lowest BCUT2D eigenvalue weighted by molar-refractivity contribution is -0.165. The van der Waals surface area contributed by atoms with E-state index in [4.69, 9.17) is 4.74 Å². The molecule has 0 unspecified atom stereocenters. The van der Waals surface area contributed by atoms with Crippen LogP contribution < -0.4 is 10.1 Å². The number of aliphatic hydroxyl groups excluding tert-OH is 1. The number of aliphatic hydroxyl groups is 1. The van der Waals surface area contributed by atoms with Crippen LogP contribution in [0.3, 0.4) is 0 Å². The first-order valence-electron chi connectivity index (χ1n) is 8.33. The first kappa shape index (κ1) is 18.5. The van der Waals surface area contributed by atoms with Crippen molar-refractivity contribution in [3.63, 3.8) is 0 Å². The number of nitrogens with zero attached hydrogens (tertiary/aromatic N) is 1. The van der Waals surface area contributed by atoms with Gasteiger partial charge >= 0.3 is 6.18 Å². The predicted molar refractivity (Wildman–Crippen MR) is 85.7 cm³/mol. The number of fused-ring (bicyclic) bond motifs is 1. The normalized spacial score (nSPS) is 23.2. The quantitative estimate of drug-likeness (QED) is 0.849. The Morgan fingerprint density at radius 1 is 1.35 bits per heavy atom. The lowest BCUT2D eigenvalue weighted by Crippen LogP contribution is -2.51. The Balaban J connectivity index is 1.60. The van der Waals surface area contributed by atoms with Gasteiger partial charge in [-0.2, -0.15) is 13.2 Å². The number of nitrogens with one attached hydrogen (secondary N) is 1. The van der Waals surface area contributed by atoms with Gasteiger partial charge in [-0.15, -0.1) is 0 Å². The van der Waals surface area contributed by atoms with Gasteiger partial charge in [0.25, 0.3) is 0 Å². The van der Waals surface area contributed by atoms with E-state index >= 15 is 0 Å². The maximum atomic E-state index is 12.3. The maximum absolute atomic E-state index is 12.3. The third-order valence-electron chi connectivity index (χ3n) is 4.49. The van der Waals surface area contributed by atoms with Crippen LogP contribution in [0.25, 0.3) is 0 Å². The lowest BCUT2D eigenvalue weighted by Gasteiger charge is -2.36. The van der Waals surface area contributed by atoms with E-state index in [1.165, 1.54) is 0 Å². The monoisotopic (exact) mass is 372 g/mol. The predicted octanol–water partition coefficient (Wildman–Crippen LogP) is 1.86. The molecule has 26 heavy (non-hydrogen) atoms. The average Bonchev–Trinajstić information content (AvgIpc) is 2.54. The number of alkyl halides is 3. The topological polar surface area (TPSA) is 78.9 Å². The van der Waals surface area contributed by atoms with Gasteiger partial charge < -0.3 is 20.1 Å². The van der Waals surface area contributed by atoms with Gasteiger partial charge in [-0.25, -0.2) is 0 Å². The summed E-state index contributed by atoms with van der Waals surface area (Å²) in [5.74, 6) is -0.678. The van der Waals surface area contributed by atoms with Crippen molar-refractivity contribution in [1.29, 1.82) is 0 Å². The highest BCUT2D eigenvalue weighted by Crippen LogP contribution is 2.29. The second kappa shape index (κ2) is 7.14. The number of carbonyl (C=O) groups excluding carboxylic acids is 2. The lowest BCUT2D eigenvalue weighted by atomic mass is 10.0. The van der Waals surface area contributed by atoms with Crippen LogP contribution in [0.5, 0.6) is 5.75 Å². The van der Waals surface area contributed by atoms with Gasteiger partial charge in [0.1, 0.15) is 24.4 Å². The van der Waals surface area contributed by atoms with Gasteiger partial charge in [-0.3, -0.25) is 9.59 Å². The number of aryl methyl sites for hydroxylation is 1. The number of benzene rings is 1. The van der Waals surface area contributed by atoms with E-state index in [2.05, 4.69) is 5.32 Å². The summed E-state index contributed by atoms with van der Waals surface area (Å²) in [6.45, 7) is -0.125. The van der Waals surface area contributed by atoms with Crippen LogP contribution >= 0.6 is 0 Å². The number of hydrogen-bond acceptors (Lipinski definition) is 4. The van der Waals surface area contributed by atoms with E-state index in [1.807, 2.05) is 6.07 Å². The number of carbonyl (C=O) groups is 2. The third-order valence-corrected chi connectivity index (χ3v) is 4.49. The summed E-state index contributed by atoms with van der Waals surface area (Å²) in [5, 5.41) is 12.9. The van der Waals surface area contributed by atoms with Crippen LogP contribution in [0.2, 0.25) is 0 Å². The van der Waals surface area contributed by atoms with Gasteiger partial charge in [0.15, 0.2) is 0 Å². The molecule has 6 nitrogen and oxygen atoms in total. The molecule has 1 saturated heterocycles. The van der Waals surface area contributed by atoms with E-state index in [1.54, 1.807) is 12.1 Å². The van der Waals surface area contributed by atoms with Crippen molar-refractivity contribution in [1.82, 2.24) is 4.90 Å². The molecule has 0 spiro atoms. The zero-order chi connectivity index (χ0) is 18.9. The first-order chi connectivity index (χ1) is 12.2. The Morgan fingerprint density at radius 3 is 2.81 bits per heavy atom. The summed E-state index contributed by atoms with van der Waals surface area (Å²) in [7, 11) is 0. The Kier molecular flexibility index (Phi) is 5.08. The van der Waals surface area contributed by atoms with Crippen molar-refractivity contribution in [2.45, 2.75) is 44.1 Å². The minimum absolute atomic E-state index is 0.0776. The number of rotatable bonds is 3. The molecule has 2 amide bonds. The van der Waals surface area contributed by atoms with Crippen LogP contribution in [-0.4, -0.2) is 53.3 Å². The minimum atomic E-state index is -4.57. The molecule has 2 atom stereocenters. The first-order valence-corrected chi connectivity index (χ1v) is 8.33. The van der Waals surface area contributed by atoms with Gasteiger partial charge in [-0.05, 0) is 18.1 Å².